The van der Waals surface area contributed by atoms with Crippen LogP contribution in [0.3, 0.4) is 0 Å². The van der Waals surface area contributed by atoms with Crippen molar-refractivity contribution >= 4 is 22.5 Å². The van der Waals surface area contributed by atoms with Crippen molar-refractivity contribution in [2.24, 2.45) is 11.8 Å². The molecule has 0 saturated heterocycles. The number of thiol groups is 1. The molecule has 1 atom stereocenters. The Morgan fingerprint density at radius 2 is 1.78 bits per heavy atom. The Kier molecular flexibility index (Phi) is 5.53. The Hall–Kier alpha value is -0.680. The summed E-state index contributed by atoms with van der Waals surface area (Å²) in [5.74, 6) is 2.37. The van der Waals surface area contributed by atoms with Gasteiger partial charge in [-0.15, -0.1) is 0 Å². The lowest BCUT2D eigenvalue weighted by atomic mass is 9.99. The first-order valence-electron chi connectivity index (χ1n) is 5.88. The molecule has 0 aliphatic carbocycles. The van der Waals surface area contributed by atoms with E-state index in [1.807, 2.05) is 0 Å². The van der Waals surface area contributed by atoms with E-state index >= 15 is 0 Å². The van der Waals surface area contributed by atoms with Crippen molar-refractivity contribution < 1.29 is 13.2 Å². The van der Waals surface area contributed by atoms with Crippen molar-refractivity contribution in [3.8, 4) is 5.75 Å². The lowest BCUT2D eigenvalue weighted by molar-refractivity contribution is 0.227. The first kappa shape index (κ1) is 15.4. The Morgan fingerprint density at radius 3 is 2.17 bits per heavy atom. The first-order chi connectivity index (χ1) is 8.34. The van der Waals surface area contributed by atoms with Crippen LogP contribution in [0, 0.1) is 11.8 Å². The average Bonchev–Trinajstić information content (AvgIpc) is 2.29. The van der Waals surface area contributed by atoms with Crippen LogP contribution in [0.1, 0.15) is 13.8 Å². The molecule has 0 heterocycles. The number of benzene rings is 1. The lowest BCUT2D eigenvalue weighted by Gasteiger charge is -2.19. The standard InChI is InChI=1S/C13H20O3S2/c1-10(2)11(9-17)8-16-12-4-6-13(7-5-12)18(3,14)15/h4-7,10-11,17H,8-9H2,1-3H3. The molecule has 0 saturated carbocycles. The molecule has 0 fully saturated rings. The van der Waals surface area contributed by atoms with Crippen LogP contribution in [0.2, 0.25) is 0 Å². The van der Waals surface area contributed by atoms with Gasteiger partial charge in [-0.3, -0.25) is 0 Å². The van der Waals surface area contributed by atoms with E-state index in [1.165, 1.54) is 6.26 Å². The maximum atomic E-state index is 11.3. The Bertz CT molecular complexity index is 464. The third kappa shape index (κ3) is 4.53. The molecule has 0 aromatic heterocycles. The highest BCUT2D eigenvalue weighted by Gasteiger charge is 2.12. The van der Waals surface area contributed by atoms with Gasteiger partial charge in [-0.2, -0.15) is 12.6 Å². The van der Waals surface area contributed by atoms with Gasteiger partial charge in [0.25, 0.3) is 0 Å². The van der Waals surface area contributed by atoms with E-state index in [-0.39, 0.29) is 0 Å². The minimum absolute atomic E-state index is 0.310. The number of rotatable bonds is 6. The molecule has 1 aromatic rings. The van der Waals surface area contributed by atoms with E-state index < -0.39 is 9.84 Å². The summed E-state index contributed by atoms with van der Waals surface area (Å²) in [5.41, 5.74) is 0. The summed E-state index contributed by atoms with van der Waals surface area (Å²) in [6, 6.07) is 6.50. The van der Waals surface area contributed by atoms with E-state index in [2.05, 4.69) is 26.5 Å². The Morgan fingerprint density at radius 1 is 1.22 bits per heavy atom. The molecule has 0 amide bonds. The van der Waals surface area contributed by atoms with Crippen LogP contribution in [-0.2, 0) is 9.84 Å². The monoisotopic (exact) mass is 288 g/mol. The molecule has 102 valence electrons. The zero-order chi connectivity index (χ0) is 13.8. The van der Waals surface area contributed by atoms with Crippen LogP contribution in [0.4, 0.5) is 0 Å². The molecule has 18 heavy (non-hydrogen) atoms. The van der Waals surface area contributed by atoms with Crippen molar-refractivity contribution in [3.63, 3.8) is 0 Å². The molecule has 0 aliphatic heterocycles. The maximum absolute atomic E-state index is 11.3. The predicted octanol–water partition coefficient (Wildman–Crippen LogP) is 2.67. The summed E-state index contributed by atoms with van der Waals surface area (Å²) in [5, 5.41) is 0. The number of hydrogen-bond donors (Lipinski definition) is 1. The largest absolute Gasteiger partial charge is 0.493 e. The summed E-state index contributed by atoms with van der Waals surface area (Å²) in [4.78, 5) is 0.310. The molecule has 3 nitrogen and oxygen atoms in total. The third-order valence-corrected chi connectivity index (χ3v) is 4.49. The van der Waals surface area contributed by atoms with Crippen LogP contribution in [0.5, 0.6) is 5.75 Å². The van der Waals surface area contributed by atoms with Crippen molar-refractivity contribution in [1.29, 1.82) is 0 Å². The quantitative estimate of drug-likeness (QED) is 0.818. The van der Waals surface area contributed by atoms with E-state index in [1.54, 1.807) is 24.3 Å². The summed E-state index contributed by atoms with van der Waals surface area (Å²) in [6.45, 7) is 4.87. The van der Waals surface area contributed by atoms with E-state index in [9.17, 15) is 8.42 Å². The molecule has 0 spiro atoms. The van der Waals surface area contributed by atoms with Crippen LogP contribution in [-0.4, -0.2) is 27.0 Å². The molecule has 1 unspecified atom stereocenters. The number of hydrogen-bond acceptors (Lipinski definition) is 4. The highest BCUT2D eigenvalue weighted by atomic mass is 32.2. The fourth-order valence-electron chi connectivity index (χ4n) is 1.44. The summed E-state index contributed by atoms with van der Waals surface area (Å²) in [7, 11) is -3.14. The first-order valence-corrected chi connectivity index (χ1v) is 8.40. The zero-order valence-corrected chi connectivity index (χ0v) is 12.7. The highest BCUT2D eigenvalue weighted by Crippen LogP contribution is 2.19. The van der Waals surface area contributed by atoms with E-state index in [0.717, 1.165) is 5.75 Å². The third-order valence-electron chi connectivity index (χ3n) is 2.89. The summed E-state index contributed by atoms with van der Waals surface area (Å²) in [6.07, 6.45) is 1.19. The summed E-state index contributed by atoms with van der Waals surface area (Å²) >= 11 is 4.30. The molecule has 0 bridgehead atoms. The Labute approximate surface area is 115 Å². The van der Waals surface area contributed by atoms with Gasteiger partial charge < -0.3 is 4.74 Å². The zero-order valence-electron chi connectivity index (χ0n) is 11.0. The topological polar surface area (TPSA) is 43.4 Å². The number of ether oxygens (including phenoxy) is 1. The lowest BCUT2D eigenvalue weighted by Crippen LogP contribution is -2.19. The van der Waals surface area contributed by atoms with Crippen molar-refractivity contribution in [3.05, 3.63) is 24.3 Å². The van der Waals surface area contributed by atoms with Gasteiger partial charge in [0.2, 0.25) is 0 Å². The fourth-order valence-corrected chi connectivity index (χ4v) is 2.60. The number of sulfone groups is 1. The highest BCUT2D eigenvalue weighted by molar-refractivity contribution is 7.90. The van der Waals surface area contributed by atoms with Gasteiger partial charge in [0.1, 0.15) is 5.75 Å². The van der Waals surface area contributed by atoms with Crippen LogP contribution < -0.4 is 4.74 Å². The minimum Gasteiger partial charge on any atom is -0.493 e. The molecule has 1 rings (SSSR count). The fraction of sp³-hybridized carbons (Fsp3) is 0.538. The molecular weight excluding hydrogens is 268 g/mol. The van der Waals surface area contributed by atoms with Gasteiger partial charge >= 0.3 is 0 Å². The van der Waals surface area contributed by atoms with Crippen LogP contribution in [0.15, 0.2) is 29.2 Å². The molecule has 0 aliphatic rings. The van der Waals surface area contributed by atoms with Crippen molar-refractivity contribution in [2.45, 2.75) is 18.7 Å². The van der Waals surface area contributed by atoms with Gasteiger partial charge in [0.15, 0.2) is 9.84 Å². The van der Waals surface area contributed by atoms with E-state index in [0.29, 0.717) is 29.1 Å². The van der Waals surface area contributed by atoms with Gasteiger partial charge in [-0.05, 0) is 35.9 Å². The van der Waals surface area contributed by atoms with Gasteiger partial charge in [0, 0.05) is 12.2 Å². The molecule has 0 radical (unpaired) electrons. The van der Waals surface area contributed by atoms with Crippen LogP contribution in [0.25, 0.3) is 0 Å². The second-order valence-electron chi connectivity index (χ2n) is 4.74. The van der Waals surface area contributed by atoms with Crippen molar-refractivity contribution in [2.75, 3.05) is 18.6 Å². The second-order valence-corrected chi connectivity index (χ2v) is 7.12. The average molecular weight is 288 g/mol. The van der Waals surface area contributed by atoms with Gasteiger partial charge in [0.05, 0.1) is 11.5 Å². The van der Waals surface area contributed by atoms with Gasteiger partial charge in [-0.1, -0.05) is 13.8 Å². The Balaban J connectivity index is 2.65. The van der Waals surface area contributed by atoms with Crippen LogP contribution >= 0.6 is 12.6 Å². The molecule has 5 heteroatoms. The maximum Gasteiger partial charge on any atom is 0.175 e. The SMILES string of the molecule is CC(C)C(CS)COc1ccc(S(C)(=O)=O)cc1. The molecular formula is C13H20O3S2. The predicted molar refractivity (Wildman–Crippen MR) is 77.2 cm³/mol. The second kappa shape index (κ2) is 6.48. The molecule has 0 N–H and O–H groups in total. The van der Waals surface area contributed by atoms with Crippen molar-refractivity contribution in [1.82, 2.24) is 0 Å². The minimum atomic E-state index is -3.14. The summed E-state index contributed by atoms with van der Waals surface area (Å²) < 4.78 is 28.2. The van der Waals surface area contributed by atoms with Gasteiger partial charge in [-0.25, -0.2) is 8.42 Å². The molecule has 1 aromatic carbocycles. The van der Waals surface area contributed by atoms with E-state index in [4.69, 9.17) is 4.74 Å². The smallest absolute Gasteiger partial charge is 0.175 e. The normalized spacial score (nSPS) is 13.6.